The lowest BCUT2D eigenvalue weighted by Crippen LogP contribution is -2.29. The normalized spacial score (nSPS) is 14.6. The maximum atomic E-state index is 11.9. The molecule has 5 heteroatoms. The van der Waals surface area contributed by atoms with Gasteiger partial charge in [0.1, 0.15) is 0 Å². The number of aryl methyl sites for hydroxylation is 1. The van der Waals surface area contributed by atoms with Gasteiger partial charge in [-0.3, -0.25) is 9.48 Å². The molecule has 0 aliphatic rings. The number of aromatic nitrogens is 2. The highest BCUT2D eigenvalue weighted by molar-refractivity contribution is 5.73. The van der Waals surface area contributed by atoms with Gasteiger partial charge in [0.25, 0.3) is 0 Å². The molecule has 1 N–H and O–H groups in total. The Hall–Kier alpha value is -1.36. The molecule has 2 atom stereocenters. The Balaban J connectivity index is 3.00. The summed E-state index contributed by atoms with van der Waals surface area (Å²) in [6.07, 6.45) is 0.729. The van der Waals surface area contributed by atoms with Crippen LogP contribution in [0.25, 0.3) is 0 Å². The van der Waals surface area contributed by atoms with Gasteiger partial charge in [-0.15, -0.1) is 0 Å². The highest BCUT2D eigenvalue weighted by Gasteiger charge is 2.33. The molecule has 1 rings (SSSR count). The zero-order valence-corrected chi connectivity index (χ0v) is 11.7. The SMILES string of the molecule is CCOC(=O)C(C(C)C)C(O)c1cnn(C)c1C. The highest BCUT2D eigenvalue weighted by atomic mass is 16.5. The Labute approximate surface area is 108 Å². The second-order valence-electron chi connectivity index (χ2n) is 4.78. The third kappa shape index (κ3) is 2.90. The number of nitrogens with zero attached hydrogens (tertiary/aromatic N) is 2. The summed E-state index contributed by atoms with van der Waals surface area (Å²) in [5.74, 6) is -0.922. The molecule has 102 valence electrons. The zero-order valence-electron chi connectivity index (χ0n) is 11.7. The molecule has 0 amide bonds. The number of aliphatic hydroxyl groups excluding tert-OH is 1. The van der Waals surface area contributed by atoms with Crippen LogP contribution in [0.3, 0.4) is 0 Å². The van der Waals surface area contributed by atoms with Crippen molar-refractivity contribution in [2.24, 2.45) is 18.9 Å². The lowest BCUT2D eigenvalue weighted by atomic mass is 9.87. The molecule has 0 radical (unpaired) electrons. The van der Waals surface area contributed by atoms with E-state index in [2.05, 4.69) is 5.10 Å². The number of hydrogen-bond acceptors (Lipinski definition) is 4. The first kappa shape index (κ1) is 14.7. The minimum absolute atomic E-state index is 0.00124. The van der Waals surface area contributed by atoms with Crippen molar-refractivity contribution in [2.75, 3.05) is 6.61 Å². The maximum absolute atomic E-state index is 11.9. The van der Waals surface area contributed by atoms with Gasteiger partial charge >= 0.3 is 5.97 Å². The molecule has 1 heterocycles. The largest absolute Gasteiger partial charge is 0.466 e. The number of carbonyl (C=O) groups excluding carboxylic acids is 1. The quantitative estimate of drug-likeness (QED) is 0.811. The monoisotopic (exact) mass is 254 g/mol. The number of hydrogen-bond donors (Lipinski definition) is 1. The van der Waals surface area contributed by atoms with E-state index in [4.69, 9.17) is 4.74 Å². The van der Waals surface area contributed by atoms with Crippen LogP contribution in [0.2, 0.25) is 0 Å². The van der Waals surface area contributed by atoms with Crippen LogP contribution in [0.1, 0.15) is 38.1 Å². The Morgan fingerprint density at radius 3 is 2.56 bits per heavy atom. The van der Waals surface area contributed by atoms with Gasteiger partial charge < -0.3 is 9.84 Å². The second kappa shape index (κ2) is 6.00. The highest BCUT2D eigenvalue weighted by Crippen LogP contribution is 2.30. The van der Waals surface area contributed by atoms with E-state index >= 15 is 0 Å². The van der Waals surface area contributed by atoms with Crippen molar-refractivity contribution in [3.05, 3.63) is 17.5 Å². The van der Waals surface area contributed by atoms with Gasteiger partial charge in [-0.05, 0) is 19.8 Å². The molecule has 0 spiro atoms. The summed E-state index contributed by atoms with van der Waals surface area (Å²) in [4.78, 5) is 11.9. The van der Waals surface area contributed by atoms with E-state index in [1.54, 1.807) is 24.9 Å². The predicted molar refractivity (Wildman–Crippen MR) is 67.9 cm³/mol. The molecule has 0 fully saturated rings. The summed E-state index contributed by atoms with van der Waals surface area (Å²) in [6, 6.07) is 0. The van der Waals surface area contributed by atoms with Crippen molar-refractivity contribution in [3.63, 3.8) is 0 Å². The van der Waals surface area contributed by atoms with Gasteiger partial charge in [0.15, 0.2) is 0 Å². The molecule has 0 bridgehead atoms. The fraction of sp³-hybridized carbons (Fsp3) is 0.692. The first-order valence-electron chi connectivity index (χ1n) is 6.23. The summed E-state index contributed by atoms with van der Waals surface area (Å²) in [5.41, 5.74) is 1.54. The van der Waals surface area contributed by atoms with E-state index < -0.39 is 12.0 Å². The standard InChI is InChI=1S/C13H22N2O3/c1-6-18-13(17)11(8(2)3)12(16)10-7-14-15(5)9(10)4/h7-8,11-12,16H,6H2,1-5H3. The molecule has 0 aliphatic carbocycles. The third-order valence-electron chi connectivity index (χ3n) is 3.21. The molecule has 1 aromatic rings. The van der Waals surface area contributed by atoms with Crippen molar-refractivity contribution >= 4 is 5.97 Å². The van der Waals surface area contributed by atoms with Gasteiger partial charge in [-0.2, -0.15) is 5.10 Å². The van der Waals surface area contributed by atoms with Crippen LogP contribution in [0.4, 0.5) is 0 Å². The van der Waals surface area contributed by atoms with E-state index in [-0.39, 0.29) is 11.9 Å². The first-order valence-corrected chi connectivity index (χ1v) is 6.23. The molecule has 0 aliphatic heterocycles. The molecule has 0 saturated carbocycles. The number of carbonyl (C=O) groups is 1. The van der Waals surface area contributed by atoms with Crippen LogP contribution in [0, 0.1) is 18.8 Å². The average molecular weight is 254 g/mol. The van der Waals surface area contributed by atoms with Gasteiger partial charge in [-0.1, -0.05) is 13.8 Å². The molecule has 1 aromatic heterocycles. The van der Waals surface area contributed by atoms with Crippen LogP contribution >= 0.6 is 0 Å². The van der Waals surface area contributed by atoms with E-state index in [1.807, 2.05) is 20.8 Å². The van der Waals surface area contributed by atoms with Crippen molar-refractivity contribution in [2.45, 2.75) is 33.8 Å². The van der Waals surface area contributed by atoms with Gasteiger partial charge in [0.05, 0.1) is 24.8 Å². The molecule has 0 aromatic carbocycles. The van der Waals surface area contributed by atoms with Crippen LogP contribution in [-0.4, -0.2) is 27.5 Å². The Bertz CT molecular complexity index is 412. The molecule has 0 saturated heterocycles. The third-order valence-corrected chi connectivity index (χ3v) is 3.21. The number of ether oxygens (including phenoxy) is 1. The minimum Gasteiger partial charge on any atom is -0.466 e. The van der Waals surface area contributed by atoms with Crippen LogP contribution in [0.15, 0.2) is 6.20 Å². The zero-order chi connectivity index (χ0) is 13.9. The fourth-order valence-corrected chi connectivity index (χ4v) is 2.00. The van der Waals surface area contributed by atoms with Crippen molar-refractivity contribution in [3.8, 4) is 0 Å². The fourth-order valence-electron chi connectivity index (χ4n) is 2.00. The molecule has 5 nitrogen and oxygen atoms in total. The minimum atomic E-state index is -0.877. The van der Waals surface area contributed by atoms with Crippen LogP contribution in [-0.2, 0) is 16.6 Å². The van der Waals surface area contributed by atoms with Crippen molar-refractivity contribution < 1.29 is 14.6 Å². The molecular formula is C13H22N2O3. The van der Waals surface area contributed by atoms with Gasteiger partial charge in [0, 0.05) is 18.3 Å². The van der Waals surface area contributed by atoms with E-state index in [0.717, 1.165) is 5.69 Å². The smallest absolute Gasteiger partial charge is 0.312 e. The van der Waals surface area contributed by atoms with E-state index in [9.17, 15) is 9.90 Å². The lowest BCUT2D eigenvalue weighted by Gasteiger charge is -2.24. The van der Waals surface area contributed by atoms with Crippen LogP contribution < -0.4 is 0 Å². The molecular weight excluding hydrogens is 232 g/mol. The first-order chi connectivity index (χ1) is 8.40. The van der Waals surface area contributed by atoms with Crippen molar-refractivity contribution in [1.29, 1.82) is 0 Å². The van der Waals surface area contributed by atoms with Crippen molar-refractivity contribution in [1.82, 2.24) is 9.78 Å². The summed E-state index contributed by atoms with van der Waals surface area (Å²) >= 11 is 0. The number of esters is 1. The van der Waals surface area contributed by atoms with Crippen LogP contribution in [0.5, 0.6) is 0 Å². The summed E-state index contributed by atoms with van der Waals surface area (Å²) in [5, 5.41) is 14.5. The van der Waals surface area contributed by atoms with E-state index in [1.165, 1.54) is 0 Å². The predicted octanol–water partition coefficient (Wildman–Crippen LogP) is 1.60. The Kier molecular flexibility index (Phi) is 4.90. The average Bonchev–Trinajstić information content (AvgIpc) is 2.59. The summed E-state index contributed by atoms with van der Waals surface area (Å²) in [6.45, 7) is 7.75. The number of aliphatic hydroxyl groups is 1. The van der Waals surface area contributed by atoms with Gasteiger partial charge in [0.2, 0.25) is 0 Å². The summed E-state index contributed by atoms with van der Waals surface area (Å²) < 4.78 is 6.71. The topological polar surface area (TPSA) is 64.3 Å². The number of rotatable bonds is 5. The summed E-state index contributed by atoms with van der Waals surface area (Å²) in [7, 11) is 1.81. The Morgan fingerprint density at radius 1 is 1.56 bits per heavy atom. The van der Waals surface area contributed by atoms with Gasteiger partial charge in [-0.25, -0.2) is 0 Å². The Morgan fingerprint density at radius 2 is 2.17 bits per heavy atom. The maximum Gasteiger partial charge on any atom is 0.312 e. The van der Waals surface area contributed by atoms with E-state index in [0.29, 0.717) is 12.2 Å². The lowest BCUT2D eigenvalue weighted by molar-refractivity contribution is -0.154. The molecule has 18 heavy (non-hydrogen) atoms. The molecule has 2 unspecified atom stereocenters. The second-order valence-corrected chi connectivity index (χ2v) is 4.78.